The fourth-order valence-electron chi connectivity index (χ4n) is 2.84. The molecule has 0 saturated carbocycles. The molecule has 2 aromatic rings. The van der Waals surface area contributed by atoms with E-state index in [9.17, 15) is 9.59 Å². The van der Waals surface area contributed by atoms with Crippen molar-refractivity contribution in [2.24, 2.45) is 0 Å². The zero-order valence-corrected chi connectivity index (χ0v) is 25.3. The number of aryl methyl sites for hydroxylation is 1. The first-order chi connectivity index (χ1) is 18.7. The lowest BCUT2D eigenvalue weighted by molar-refractivity contribution is -0.128. The first-order valence-corrected chi connectivity index (χ1v) is 15.0. The fourth-order valence-corrected chi connectivity index (χ4v) is 3.83. The Kier molecular flexibility index (Phi) is 31.0. The first-order valence-electron chi connectivity index (χ1n) is 13.9. The number of benzene rings is 2. The molecule has 1 aliphatic heterocycles. The maximum Gasteiger partial charge on any atom is 0.293 e. The number of rotatable bonds is 15. The minimum atomic E-state index is -0.0621. The van der Waals surface area contributed by atoms with Gasteiger partial charge < -0.3 is 24.9 Å². The highest BCUT2D eigenvalue weighted by Crippen LogP contribution is 2.13. The maximum absolute atomic E-state index is 10.9. The predicted octanol–water partition coefficient (Wildman–Crippen LogP) is 5.94. The Hall–Kier alpha value is -2.19. The van der Waals surface area contributed by atoms with Gasteiger partial charge in [0, 0.05) is 18.1 Å². The van der Waals surface area contributed by atoms with Gasteiger partial charge in [0.2, 0.25) is 0 Å². The number of thioether (sulfide) groups is 1. The second-order valence-electron chi connectivity index (χ2n) is 7.70. The highest BCUT2D eigenvalue weighted by atomic mass is 32.2. The van der Waals surface area contributed by atoms with Gasteiger partial charge in [-0.1, -0.05) is 88.4 Å². The second-order valence-corrected chi connectivity index (χ2v) is 8.73. The van der Waals surface area contributed by atoms with E-state index in [0.29, 0.717) is 19.2 Å². The summed E-state index contributed by atoms with van der Waals surface area (Å²) in [4.78, 5) is 20.0. The lowest BCUT2D eigenvalue weighted by Gasteiger charge is -2.11. The number of ether oxygens (including phenoxy) is 2. The van der Waals surface area contributed by atoms with Gasteiger partial charge in [0.15, 0.2) is 0 Å². The molecular weight excluding hydrogens is 496 g/mol. The first kappa shape index (κ1) is 38.0. The van der Waals surface area contributed by atoms with Crippen LogP contribution in [0.1, 0.15) is 58.6 Å². The highest BCUT2D eigenvalue weighted by molar-refractivity contribution is 7.98. The summed E-state index contributed by atoms with van der Waals surface area (Å²) in [6, 6.07) is 20.9. The normalized spacial score (nSPS) is 13.3. The molecule has 3 rings (SSSR count). The molecule has 7 heteroatoms. The largest absolute Gasteiger partial charge is 0.468 e. The molecule has 1 aliphatic rings. The molecule has 0 aliphatic carbocycles. The van der Waals surface area contributed by atoms with Crippen LogP contribution in [0.15, 0.2) is 60.7 Å². The van der Waals surface area contributed by atoms with Gasteiger partial charge in [0.05, 0.1) is 25.4 Å². The average molecular weight is 549 g/mol. The van der Waals surface area contributed by atoms with Gasteiger partial charge in [0.25, 0.3) is 6.47 Å². The van der Waals surface area contributed by atoms with E-state index in [1.807, 2.05) is 52.9 Å². The summed E-state index contributed by atoms with van der Waals surface area (Å²) < 4.78 is 9.24. The third-order valence-corrected chi connectivity index (χ3v) is 5.94. The average Bonchev–Trinajstić information content (AvgIpc) is 3.82. The van der Waals surface area contributed by atoms with Crippen LogP contribution in [0.3, 0.4) is 0 Å². The quantitative estimate of drug-likeness (QED) is 0.162. The van der Waals surface area contributed by atoms with E-state index in [1.54, 1.807) is 18.7 Å². The molecular formula is C31H52N2O4S. The monoisotopic (exact) mass is 548 g/mol. The van der Waals surface area contributed by atoms with Crippen LogP contribution < -0.4 is 10.6 Å². The van der Waals surface area contributed by atoms with Crippen LogP contribution >= 0.6 is 11.8 Å². The van der Waals surface area contributed by atoms with E-state index in [1.165, 1.54) is 30.4 Å². The Morgan fingerprint density at radius 2 is 1.55 bits per heavy atom. The Morgan fingerprint density at radius 1 is 0.974 bits per heavy atom. The lowest BCUT2D eigenvalue weighted by atomic mass is 10.1. The third-order valence-electron chi connectivity index (χ3n) is 4.80. The molecule has 2 atom stereocenters. The van der Waals surface area contributed by atoms with Crippen molar-refractivity contribution in [3.05, 3.63) is 71.8 Å². The van der Waals surface area contributed by atoms with Crippen LogP contribution in [-0.2, 0) is 31.2 Å². The van der Waals surface area contributed by atoms with Gasteiger partial charge in [0.1, 0.15) is 6.29 Å². The molecule has 1 fully saturated rings. The topological polar surface area (TPSA) is 80.0 Å². The number of unbranched alkanes of at least 4 members (excludes halogenated alkanes) is 1. The molecule has 38 heavy (non-hydrogen) atoms. The van der Waals surface area contributed by atoms with Crippen LogP contribution in [0.4, 0.5) is 0 Å². The van der Waals surface area contributed by atoms with Crippen molar-refractivity contribution in [1.82, 2.24) is 10.6 Å². The molecule has 2 N–H and O–H groups in total. The van der Waals surface area contributed by atoms with Crippen LogP contribution in [0, 0.1) is 0 Å². The number of carbonyl (C=O) groups is 2. The zero-order chi connectivity index (χ0) is 28.7. The molecule has 0 amide bonds. The van der Waals surface area contributed by atoms with E-state index in [4.69, 9.17) is 4.74 Å². The second kappa shape index (κ2) is 31.0. The molecule has 216 valence electrons. The van der Waals surface area contributed by atoms with Gasteiger partial charge >= 0.3 is 0 Å². The Bertz CT molecular complexity index is 731. The van der Waals surface area contributed by atoms with Crippen LogP contribution in [0.25, 0.3) is 0 Å². The summed E-state index contributed by atoms with van der Waals surface area (Å²) in [6.45, 7) is 13.4. The number of epoxide rings is 1. The number of nitrogens with one attached hydrogen (secondary N) is 2. The van der Waals surface area contributed by atoms with Gasteiger partial charge in [-0.15, -0.1) is 0 Å². The van der Waals surface area contributed by atoms with Gasteiger partial charge in [-0.25, -0.2) is 0 Å². The summed E-state index contributed by atoms with van der Waals surface area (Å²) >= 11 is 1.78. The Labute approximate surface area is 236 Å². The molecule has 2 unspecified atom stereocenters. The highest BCUT2D eigenvalue weighted by Gasteiger charge is 2.23. The SMILES string of the molecule is CC.CC.CCOC=O.CNCCCCc1ccccc1.O=CC(CSCc1ccccc1)NCC1CO1. The van der Waals surface area contributed by atoms with E-state index in [0.717, 1.165) is 37.5 Å². The van der Waals surface area contributed by atoms with Crippen LogP contribution in [-0.4, -0.2) is 64.0 Å². The number of hydrogen-bond donors (Lipinski definition) is 2. The summed E-state index contributed by atoms with van der Waals surface area (Å²) in [6.07, 6.45) is 5.08. The minimum absolute atomic E-state index is 0.0621. The smallest absolute Gasteiger partial charge is 0.293 e. The van der Waals surface area contributed by atoms with E-state index in [-0.39, 0.29) is 6.04 Å². The molecule has 6 nitrogen and oxygen atoms in total. The summed E-state index contributed by atoms with van der Waals surface area (Å²) in [7, 11) is 2.00. The molecule has 0 radical (unpaired) electrons. The van der Waals surface area contributed by atoms with Crippen molar-refractivity contribution in [2.45, 2.75) is 71.8 Å². The Balaban J connectivity index is 0. The fraction of sp³-hybridized carbons (Fsp3) is 0.548. The molecule has 1 saturated heterocycles. The van der Waals surface area contributed by atoms with Gasteiger partial charge in [-0.2, -0.15) is 11.8 Å². The van der Waals surface area contributed by atoms with Crippen molar-refractivity contribution >= 4 is 24.5 Å². The lowest BCUT2D eigenvalue weighted by Crippen LogP contribution is -2.35. The third kappa shape index (κ3) is 25.5. The number of aldehydes is 1. The standard InChI is InChI=1S/C13H17NO2S.C11H17N.C3H6O2.2C2H6/c15-7-12(14-6-13-8-16-13)10-17-9-11-4-2-1-3-5-11;1-12-10-6-5-9-11-7-3-2-4-8-11;1-2-5-3-4;2*1-2/h1-5,7,12-14H,6,8-10H2;2-4,7-8,12H,5-6,9-10H2,1H3;3H,2H2,1H3;2*1-2H3. The number of hydrogen-bond acceptors (Lipinski definition) is 7. The van der Waals surface area contributed by atoms with E-state index >= 15 is 0 Å². The molecule has 2 aromatic carbocycles. The molecule has 0 spiro atoms. The van der Waals surface area contributed by atoms with Crippen LogP contribution in [0.5, 0.6) is 0 Å². The zero-order valence-electron chi connectivity index (χ0n) is 24.5. The molecule has 0 bridgehead atoms. The summed E-state index contributed by atoms with van der Waals surface area (Å²) in [5.74, 6) is 1.76. The summed E-state index contributed by atoms with van der Waals surface area (Å²) in [5, 5.41) is 6.36. The van der Waals surface area contributed by atoms with Gasteiger partial charge in [-0.3, -0.25) is 4.79 Å². The van der Waals surface area contributed by atoms with E-state index < -0.39 is 0 Å². The molecule has 0 aromatic heterocycles. The van der Waals surface area contributed by atoms with Crippen molar-refractivity contribution < 1.29 is 19.1 Å². The number of carbonyl (C=O) groups excluding carboxylic acids is 2. The van der Waals surface area contributed by atoms with E-state index in [2.05, 4.69) is 57.8 Å². The van der Waals surface area contributed by atoms with Crippen molar-refractivity contribution in [3.8, 4) is 0 Å². The van der Waals surface area contributed by atoms with Crippen molar-refractivity contribution in [3.63, 3.8) is 0 Å². The van der Waals surface area contributed by atoms with Gasteiger partial charge in [-0.05, 0) is 50.9 Å². The van der Waals surface area contributed by atoms with Crippen molar-refractivity contribution in [1.29, 1.82) is 0 Å². The minimum Gasteiger partial charge on any atom is -0.468 e. The van der Waals surface area contributed by atoms with Crippen molar-refractivity contribution in [2.75, 3.05) is 39.1 Å². The Morgan fingerprint density at radius 3 is 2.00 bits per heavy atom. The molecule has 1 heterocycles. The summed E-state index contributed by atoms with van der Waals surface area (Å²) in [5.41, 5.74) is 2.75. The van der Waals surface area contributed by atoms with Crippen LogP contribution in [0.2, 0.25) is 0 Å². The predicted molar refractivity (Wildman–Crippen MR) is 164 cm³/mol. The maximum atomic E-state index is 10.9.